The monoisotopic (exact) mass is 389 g/mol. The van der Waals surface area contributed by atoms with Crippen LogP contribution < -0.4 is 16.0 Å². The van der Waals surface area contributed by atoms with Gasteiger partial charge in [0.1, 0.15) is 0 Å². The Hall–Kier alpha value is -1.11. The Balaban J connectivity index is 0.00000242. The van der Waals surface area contributed by atoms with E-state index in [1.165, 1.54) is 0 Å². The predicted octanol–water partition coefficient (Wildman–Crippen LogP) is 1.72. The fraction of sp³-hybridized carbons (Fsp3) is 0.467. The Morgan fingerprint density at radius 1 is 1.18 bits per heavy atom. The first kappa shape index (κ1) is 18.9. The minimum atomic E-state index is -0.132. The molecule has 22 heavy (non-hydrogen) atoms. The van der Waals surface area contributed by atoms with Gasteiger partial charge in [0, 0.05) is 29.0 Å². The van der Waals surface area contributed by atoms with Gasteiger partial charge in [-0.2, -0.15) is 0 Å². The first-order chi connectivity index (χ1) is 10.2. The summed E-state index contributed by atoms with van der Waals surface area (Å²) in [6.45, 7) is 2.69. The molecule has 122 valence electrons. The van der Waals surface area contributed by atoms with Gasteiger partial charge < -0.3 is 16.0 Å². The summed E-state index contributed by atoms with van der Waals surface area (Å²) in [5.41, 5.74) is 0.606. The molecule has 1 saturated heterocycles. The zero-order chi connectivity index (χ0) is 15.1. The highest BCUT2D eigenvalue weighted by Gasteiger charge is 2.20. The highest BCUT2D eigenvalue weighted by atomic mass is 79.9. The van der Waals surface area contributed by atoms with Gasteiger partial charge >= 0.3 is 0 Å². The average Bonchev–Trinajstić information content (AvgIpc) is 2.52. The zero-order valence-corrected chi connectivity index (χ0v) is 14.6. The van der Waals surface area contributed by atoms with Crippen LogP contribution in [0.5, 0.6) is 0 Å². The van der Waals surface area contributed by atoms with E-state index in [9.17, 15) is 9.59 Å². The first-order valence-electron chi connectivity index (χ1n) is 7.19. The molecule has 1 aliphatic rings. The second-order valence-corrected chi connectivity index (χ2v) is 6.00. The third kappa shape index (κ3) is 5.94. The van der Waals surface area contributed by atoms with E-state index >= 15 is 0 Å². The number of halogens is 2. The summed E-state index contributed by atoms with van der Waals surface area (Å²) < 4.78 is 0.870. The van der Waals surface area contributed by atoms with E-state index in [4.69, 9.17) is 0 Å². The molecule has 0 unspecified atom stereocenters. The van der Waals surface area contributed by atoms with Crippen LogP contribution in [-0.2, 0) is 4.79 Å². The van der Waals surface area contributed by atoms with Gasteiger partial charge in [0.2, 0.25) is 5.91 Å². The Morgan fingerprint density at radius 2 is 1.86 bits per heavy atom. The number of nitrogens with one attached hydrogen (secondary N) is 3. The van der Waals surface area contributed by atoms with Crippen LogP contribution in [0.3, 0.4) is 0 Å². The SMILES string of the molecule is Cl.O=C(NCCNC(=O)C1CCNCC1)c1cccc(Br)c1. The van der Waals surface area contributed by atoms with Crippen LogP contribution >= 0.6 is 28.3 Å². The molecule has 5 nitrogen and oxygen atoms in total. The molecule has 1 aromatic rings. The quantitative estimate of drug-likeness (QED) is 0.671. The molecule has 0 aromatic heterocycles. The number of rotatable bonds is 5. The summed E-state index contributed by atoms with van der Waals surface area (Å²) in [7, 11) is 0. The maximum Gasteiger partial charge on any atom is 0.251 e. The molecule has 0 aliphatic carbocycles. The Kier molecular flexibility index (Phi) is 8.45. The number of carbonyl (C=O) groups excluding carboxylic acids is 2. The fourth-order valence-corrected chi connectivity index (χ4v) is 2.72. The minimum Gasteiger partial charge on any atom is -0.354 e. The van der Waals surface area contributed by atoms with Gasteiger partial charge in [0.05, 0.1) is 0 Å². The second-order valence-electron chi connectivity index (χ2n) is 5.08. The zero-order valence-electron chi connectivity index (χ0n) is 12.2. The molecule has 1 heterocycles. The predicted molar refractivity (Wildman–Crippen MR) is 92.3 cm³/mol. The van der Waals surface area contributed by atoms with Crippen molar-refractivity contribution in [1.29, 1.82) is 0 Å². The Morgan fingerprint density at radius 3 is 2.55 bits per heavy atom. The van der Waals surface area contributed by atoms with Crippen LogP contribution in [0, 0.1) is 5.92 Å². The van der Waals surface area contributed by atoms with Crippen LogP contribution in [-0.4, -0.2) is 38.0 Å². The molecule has 0 radical (unpaired) electrons. The molecule has 0 bridgehead atoms. The van der Waals surface area contributed by atoms with Crippen molar-refractivity contribution in [3.63, 3.8) is 0 Å². The molecule has 2 rings (SSSR count). The molecule has 1 aromatic carbocycles. The number of benzene rings is 1. The second kappa shape index (κ2) is 9.82. The third-order valence-corrected chi connectivity index (χ3v) is 4.00. The maximum atomic E-state index is 11.9. The van der Waals surface area contributed by atoms with Crippen molar-refractivity contribution in [1.82, 2.24) is 16.0 Å². The Bertz CT molecular complexity index is 507. The molecule has 2 amide bonds. The number of carbonyl (C=O) groups is 2. The van der Waals surface area contributed by atoms with Gasteiger partial charge in [-0.15, -0.1) is 12.4 Å². The van der Waals surface area contributed by atoms with Crippen molar-refractivity contribution in [3.05, 3.63) is 34.3 Å². The van der Waals surface area contributed by atoms with E-state index in [0.717, 1.165) is 30.4 Å². The van der Waals surface area contributed by atoms with E-state index < -0.39 is 0 Å². The van der Waals surface area contributed by atoms with Crippen LogP contribution in [0.1, 0.15) is 23.2 Å². The normalized spacial score (nSPS) is 14.8. The summed E-state index contributed by atoms with van der Waals surface area (Å²) >= 11 is 3.33. The third-order valence-electron chi connectivity index (χ3n) is 3.51. The van der Waals surface area contributed by atoms with E-state index in [-0.39, 0.29) is 30.1 Å². The smallest absolute Gasteiger partial charge is 0.251 e. The molecule has 7 heteroatoms. The van der Waals surface area contributed by atoms with Crippen molar-refractivity contribution in [2.24, 2.45) is 5.92 Å². The number of amides is 2. The lowest BCUT2D eigenvalue weighted by Crippen LogP contribution is -2.41. The maximum absolute atomic E-state index is 11.9. The van der Waals surface area contributed by atoms with Gasteiger partial charge in [-0.1, -0.05) is 22.0 Å². The lowest BCUT2D eigenvalue weighted by molar-refractivity contribution is -0.125. The van der Waals surface area contributed by atoms with E-state index in [1.807, 2.05) is 12.1 Å². The lowest BCUT2D eigenvalue weighted by Gasteiger charge is -2.21. The summed E-state index contributed by atoms with van der Waals surface area (Å²) in [6.07, 6.45) is 1.77. The standard InChI is InChI=1S/C15H20BrN3O2.ClH/c16-13-3-1-2-12(10-13)15(21)19-9-8-18-14(20)11-4-6-17-7-5-11;/h1-3,10-11,17H,4-9H2,(H,18,20)(H,19,21);1H. The summed E-state index contributed by atoms with van der Waals surface area (Å²) in [5.74, 6) is 0.0626. The van der Waals surface area contributed by atoms with Gasteiger partial charge in [-0.05, 0) is 44.1 Å². The summed E-state index contributed by atoms with van der Waals surface area (Å²) in [4.78, 5) is 23.8. The van der Waals surface area contributed by atoms with E-state index in [2.05, 4.69) is 31.9 Å². The highest BCUT2D eigenvalue weighted by molar-refractivity contribution is 9.10. The molecule has 1 fully saturated rings. The average molecular weight is 391 g/mol. The molecule has 0 spiro atoms. The van der Waals surface area contributed by atoms with Crippen LogP contribution in [0.4, 0.5) is 0 Å². The minimum absolute atomic E-state index is 0. The number of hydrogen-bond donors (Lipinski definition) is 3. The molecule has 3 N–H and O–H groups in total. The van der Waals surface area contributed by atoms with Crippen molar-refractivity contribution >= 4 is 40.2 Å². The van der Waals surface area contributed by atoms with Crippen molar-refractivity contribution < 1.29 is 9.59 Å². The summed E-state index contributed by atoms with van der Waals surface area (Å²) in [5, 5.41) is 8.91. The number of piperidine rings is 1. The van der Waals surface area contributed by atoms with Crippen molar-refractivity contribution in [2.45, 2.75) is 12.8 Å². The van der Waals surface area contributed by atoms with Crippen molar-refractivity contribution in [2.75, 3.05) is 26.2 Å². The lowest BCUT2D eigenvalue weighted by atomic mass is 9.97. The van der Waals surface area contributed by atoms with Crippen molar-refractivity contribution in [3.8, 4) is 0 Å². The van der Waals surface area contributed by atoms with Gasteiger partial charge in [-0.25, -0.2) is 0 Å². The van der Waals surface area contributed by atoms with Crippen LogP contribution in [0.15, 0.2) is 28.7 Å². The molecule has 0 atom stereocenters. The number of hydrogen-bond acceptors (Lipinski definition) is 3. The molecule has 0 saturated carbocycles. The molecule has 1 aliphatic heterocycles. The van der Waals surface area contributed by atoms with E-state index in [0.29, 0.717) is 18.7 Å². The van der Waals surface area contributed by atoms with Gasteiger partial charge in [0.15, 0.2) is 0 Å². The fourth-order valence-electron chi connectivity index (χ4n) is 2.32. The van der Waals surface area contributed by atoms with E-state index in [1.54, 1.807) is 12.1 Å². The first-order valence-corrected chi connectivity index (χ1v) is 7.98. The Labute approximate surface area is 145 Å². The topological polar surface area (TPSA) is 70.2 Å². The molecular formula is C15H21BrClN3O2. The van der Waals surface area contributed by atoms with Crippen LogP contribution in [0.25, 0.3) is 0 Å². The summed E-state index contributed by atoms with van der Waals surface area (Å²) in [6, 6.07) is 7.21. The molecular weight excluding hydrogens is 370 g/mol. The largest absolute Gasteiger partial charge is 0.354 e. The van der Waals surface area contributed by atoms with Crippen LogP contribution in [0.2, 0.25) is 0 Å². The van der Waals surface area contributed by atoms with Gasteiger partial charge in [0.25, 0.3) is 5.91 Å². The van der Waals surface area contributed by atoms with Gasteiger partial charge in [-0.3, -0.25) is 9.59 Å². The highest BCUT2D eigenvalue weighted by Crippen LogP contribution is 2.12.